The lowest BCUT2D eigenvalue weighted by Gasteiger charge is -2.33. The van der Waals surface area contributed by atoms with E-state index >= 15 is 0 Å². The second-order valence-electron chi connectivity index (χ2n) is 9.71. The van der Waals surface area contributed by atoms with Crippen LogP contribution < -0.4 is 9.46 Å². The molecule has 0 aliphatic rings. The van der Waals surface area contributed by atoms with Crippen LogP contribution in [0.15, 0.2) is 24.3 Å². The minimum atomic E-state index is -1.68. The highest BCUT2D eigenvalue weighted by molar-refractivity contribution is 7.84. The van der Waals surface area contributed by atoms with Crippen molar-refractivity contribution in [1.29, 1.82) is 0 Å². The molecule has 0 radical (unpaired) electrons. The maximum absolute atomic E-state index is 13.1. The van der Waals surface area contributed by atoms with Crippen LogP contribution >= 0.6 is 11.6 Å². The van der Waals surface area contributed by atoms with Crippen molar-refractivity contribution in [1.82, 2.24) is 4.72 Å². The van der Waals surface area contributed by atoms with Crippen LogP contribution in [0.3, 0.4) is 0 Å². The van der Waals surface area contributed by atoms with Crippen molar-refractivity contribution in [2.75, 3.05) is 26.9 Å². The lowest BCUT2D eigenvalue weighted by molar-refractivity contribution is -0.0849. The Morgan fingerprint density at radius 2 is 1.76 bits per heavy atom. The van der Waals surface area contributed by atoms with E-state index in [4.69, 9.17) is 30.5 Å². The van der Waals surface area contributed by atoms with Crippen molar-refractivity contribution >= 4 is 30.7 Å². The predicted molar refractivity (Wildman–Crippen MR) is 140 cm³/mol. The van der Waals surface area contributed by atoms with Crippen molar-refractivity contribution in [3.8, 4) is 17.2 Å². The van der Waals surface area contributed by atoms with Gasteiger partial charge in [-0.2, -0.15) is 0 Å². The highest BCUT2D eigenvalue weighted by Gasteiger charge is 2.34. The van der Waals surface area contributed by atoms with E-state index in [0.29, 0.717) is 18.9 Å². The minimum absolute atomic E-state index is 0.0669. The molecule has 1 N–H and O–H groups in total. The Morgan fingerprint density at radius 1 is 1.12 bits per heavy atom. The van der Waals surface area contributed by atoms with Gasteiger partial charge < -0.3 is 18.9 Å². The van der Waals surface area contributed by atoms with E-state index in [-0.39, 0.29) is 12.9 Å². The summed E-state index contributed by atoms with van der Waals surface area (Å²) >= 11 is 6.15. The Labute approximate surface area is 208 Å². The van der Waals surface area contributed by atoms with Crippen LogP contribution in [0.2, 0.25) is 19.6 Å². The molecule has 0 bridgehead atoms. The van der Waals surface area contributed by atoms with Crippen molar-refractivity contribution in [3.05, 3.63) is 29.8 Å². The van der Waals surface area contributed by atoms with Crippen LogP contribution in [0.1, 0.15) is 32.8 Å². The number of methoxy groups -OCH3 is 2. The summed E-state index contributed by atoms with van der Waals surface area (Å²) in [7, 11) is 0.158. The van der Waals surface area contributed by atoms with Gasteiger partial charge in [0.2, 0.25) is 0 Å². The fraction of sp³-hybridized carbons (Fsp3) is 0.667. The third kappa shape index (κ3) is 11.9. The zero-order valence-corrected chi connectivity index (χ0v) is 23.8. The van der Waals surface area contributed by atoms with Crippen LogP contribution in [-0.2, 0) is 31.8 Å². The molecule has 1 aromatic rings. The number of nitrogens with one attached hydrogen (secondary N) is 1. The first-order valence-corrected chi connectivity index (χ1v) is 16.2. The Bertz CT molecular complexity index is 783. The molecule has 9 heteroatoms. The highest BCUT2D eigenvalue weighted by Crippen LogP contribution is 2.20. The smallest absolute Gasteiger partial charge is 0.148 e. The lowest BCUT2D eigenvalue weighted by atomic mass is 10.0. The molecule has 1 rings (SSSR count). The second-order valence-corrected chi connectivity index (χ2v) is 16.8. The van der Waals surface area contributed by atoms with Crippen LogP contribution in [0.25, 0.3) is 0 Å². The van der Waals surface area contributed by atoms with Gasteiger partial charge in [0.15, 0.2) is 0 Å². The maximum atomic E-state index is 13.1. The molecule has 0 spiro atoms. The Morgan fingerprint density at radius 3 is 2.24 bits per heavy atom. The number of hydrogen-bond acceptors (Lipinski definition) is 5. The van der Waals surface area contributed by atoms with Gasteiger partial charge in [-0.15, -0.1) is 17.1 Å². The summed E-state index contributed by atoms with van der Waals surface area (Å²) in [5.41, 5.74) is 4.37. The molecule has 0 saturated heterocycles. The Hall–Kier alpha value is -0.923. The van der Waals surface area contributed by atoms with Crippen LogP contribution in [0.5, 0.6) is 5.75 Å². The quantitative estimate of drug-likeness (QED) is 0.180. The van der Waals surface area contributed by atoms with E-state index in [9.17, 15) is 4.21 Å². The SMILES string of the molecule is COCO[C@@H](C#C[Si](C)(C)C)[C@H](NS(=O)C(C)(C)C)[C@H](CCCl)OCc1ccc(OC)cc1. The van der Waals surface area contributed by atoms with Crippen LogP contribution in [-0.4, -0.2) is 62.2 Å². The number of benzene rings is 1. The molecule has 0 aliphatic carbocycles. The van der Waals surface area contributed by atoms with E-state index in [1.165, 1.54) is 0 Å². The molecule has 0 amide bonds. The van der Waals surface area contributed by atoms with Gasteiger partial charge in [-0.05, 0) is 44.9 Å². The first kappa shape index (κ1) is 30.1. The van der Waals surface area contributed by atoms with Gasteiger partial charge >= 0.3 is 0 Å². The van der Waals surface area contributed by atoms with E-state index in [1.807, 2.05) is 45.0 Å². The summed E-state index contributed by atoms with van der Waals surface area (Å²) < 4.78 is 38.5. The number of alkyl halides is 1. The average Bonchev–Trinajstić information content (AvgIpc) is 2.74. The highest BCUT2D eigenvalue weighted by atomic mass is 35.5. The van der Waals surface area contributed by atoms with Gasteiger partial charge in [0.05, 0.1) is 41.6 Å². The van der Waals surface area contributed by atoms with Gasteiger partial charge in [-0.25, -0.2) is 8.93 Å². The minimum Gasteiger partial charge on any atom is -0.497 e. The number of ether oxygens (including phenoxy) is 4. The standard InChI is InChI=1S/C24H40ClNO5SSi/c1-24(2,3)32(27)26-23(22(31-18-28-4)14-16-33(6,7)8)21(13-15-25)30-17-19-9-11-20(29-5)12-10-19/h9-12,21-23,26H,13,15,17-18H2,1-8H3/t21-,22-,23+,32?/m0/s1. The molecule has 188 valence electrons. The molecular weight excluding hydrogens is 478 g/mol. The van der Waals surface area contributed by atoms with Crippen molar-refractivity contribution in [3.63, 3.8) is 0 Å². The fourth-order valence-corrected chi connectivity index (χ4v) is 4.36. The third-order valence-electron chi connectivity index (χ3n) is 4.50. The molecule has 0 aliphatic heterocycles. The molecule has 33 heavy (non-hydrogen) atoms. The van der Waals surface area contributed by atoms with E-state index < -0.39 is 36.0 Å². The molecule has 4 atom stereocenters. The molecule has 0 aromatic heterocycles. The van der Waals surface area contributed by atoms with Crippen molar-refractivity contribution in [2.45, 2.75) is 76.4 Å². The molecule has 0 fully saturated rings. The topological polar surface area (TPSA) is 66.0 Å². The van der Waals surface area contributed by atoms with Gasteiger partial charge in [0, 0.05) is 13.0 Å². The summed E-state index contributed by atoms with van der Waals surface area (Å²) in [6.45, 7) is 12.7. The van der Waals surface area contributed by atoms with E-state index in [2.05, 4.69) is 35.8 Å². The first-order chi connectivity index (χ1) is 15.4. The second kappa shape index (κ2) is 14.5. The zero-order valence-electron chi connectivity index (χ0n) is 21.2. The van der Waals surface area contributed by atoms with Gasteiger partial charge in [-0.3, -0.25) is 0 Å². The summed E-state index contributed by atoms with van der Waals surface area (Å²) in [6, 6.07) is 7.22. The van der Waals surface area contributed by atoms with E-state index in [0.717, 1.165) is 11.3 Å². The van der Waals surface area contributed by atoms with Crippen LogP contribution in [0.4, 0.5) is 0 Å². The molecule has 1 aromatic carbocycles. The van der Waals surface area contributed by atoms with Crippen molar-refractivity contribution in [2.24, 2.45) is 0 Å². The normalized spacial score (nSPS) is 15.8. The molecular formula is C24H40ClNO5SSi. The summed E-state index contributed by atoms with van der Waals surface area (Å²) in [6.07, 6.45) is -0.418. The summed E-state index contributed by atoms with van der Waals surface area (Å²) in [5.74, 6) is 4.44. The molecule has 0 saturated carbocycles. The zero-order chi connectivity index (χ0) is 25.1. The Balaban J connectivity index is 3.25. The lowest BCUT2D eigenvalue weighted by Crippen LogP contribution is -2.53. The van der Waals surface area contributed by atoms with Crippen molar-refractivity contribution < 1.29 is 23.2 Å². The average molecular weight is 518 g/mol. The number of hydrogen-bond donors (Lipinski definition) is 1. The van der Waals surface area contributed by atoms with Gasteiger partial charge in [0.25, 0.3) is 0 Å². The predicted octanol–water partition coefficient (Wildman–Crippen LogP) is 4.50. The maximum Gasteiger partial charge on any atom is 0.148 e. The molecule has 1 unspecified atom stereocenters. The van der Waals surface area contributed by atoms with E-state index in [1.54, 1.807) is 14.2 Å². The number of rotatable bonds is 13. The fourth-order valence-electron chi connectivity index (χ4n) is 2.70. The third-order valence-corrected chi connectivity index (χ3v) is 7.21. The first-order valence-electron chi connectivity index (χ1n) is 11.0. The van der Waals surface area contributed by atoms with Crippen LogP contribution in [0, 0.1) is 11.5 Å². The molecule has 6 nitrogen and oxygen atoms in total. The largest absolute Gasteiger partial charge is 0.497 e. The monoisotopic (exact) mass is 517 g/mol. The summed E-state index contributed by atoms with van der Waals surface area (Å²) in [5, 5.41) is 0. The summed E-state index contributed by atoms with van der Waals surface area (Å²) in [4.78, 5) is 0. The number of halogens is 1. The van der Waals surface area contributed by atoms with Gasteiger partial charge in [0.1, 0.15) is 26.7 Å². The van der Waals surface area contributed by atoms with Gasteiger partial charge in [-0.1, -0.05) is 37.7 Å². The Kier molecular flexibility index (Phi) is 13.2. The molecule has 0 heterocycles.